The molecule has 0 atom stereocenters. The molecule has 2 rings (SSSR count). The molecule has 4 nitrogen and oxygen atoms in total. The third-order valence-corrected chi connectivity index (χ3v) is 5.71. The lowest BCUT2D eigenvalue weighted by molar-refractivity contribution is -0.0436. The number of aryl methyl sites for hydroxylation is 1. The molecule has 0 radical (unpaired) electrons. The minimum Gasteiger partial charge on any atom is -0.214 e. The number of aromatic nitrogens is 2. The predicted molar refractivity (Wildman–Crippen MR) is 73.1 cm³/mol. The number of rotatable bonds is 4. The summed E-state index contributed by atoms with van der Waals surface area (Å²) in [6, 6.07) is 4.51. The SMILES string of the molecule is CCc1nsc(Sc2ccc(S(=O)(=O)C(F)(F)F)cc2)n1. The van der Waals surface area contributed by atoms with Gasteiger partial charge in [-0.3, -0.25) is 0 Å². The monoisotopic (exact) mass is 354 g/mol. The van der Waals surface area contributed by atoms with Crippen LogP contribution in [0.1, 0.15) is 12.7 Å². The van der Waals surface area contributed by atoms with E-state index in [0.29, 0.717) is 21.5 Å². The van der Waals surface area contributed by atoms with Crippen LogP contribution < -0.4 is 0 Å². The second-order valence-corrected chi connectivity index (χ2v) is 7.87. The molecule has 1 heterocycles. The topological polar surface area (TPSA) is 59.9 Å². The highest BCUT2D eigenvalue weighted by molar-refractivity contribution is 8.01. The Bertz CT molecular complexity index is 724. The van der Waals surface area contributed by atoms with E-state index in [2.05, 4.69) is 9.36 Å². The number of nitrogens with zero attached hydrogens (tertiary/aromatic N) is 2. The van der Waals surface area contributed by atoms with Gasteiger partial charge in [0.25, 0.3) is 9.84 Å². The van der Waals surface area contributed by atoms with Crippen LogP contribution in [-0.2, 0) is 16.3 Å². The molecule has 0 fully saturated rings. The van der Waals surface area contributed by atoms with Gasteiger partial charge in [-0.1, -0.05) is 18.7 Å². The lowest BCUT2D eigenvalue weighted by atomic mass is 10.4. The van der Waals surface area contributed by atoms with Crippen LogP contribution >= 0.6 is 23.3 Å². The van der Waals surface area contributed by atoms with E-state index in [1.807, 2.05) is 6.92 Å². The van der Waals surface area contributed by atoms with Crippen molar-refractivity contribution in [2.24, 2.45) is 0 Å². The third kappa shape index (κ3) is 3.55. The number of hydrogen-bond donors (Lipinski definition) is 0. The maximum absolute atomic E-state index is 12.4. The Kier molecular flexibility index (Phi) is 4.59. The molecule has 21 heavy (non-hydrogen) atoms. The molecule has 0 aliphatic carbocycles. The largest absolute Gasteiger partial charge is 0.501 e. The number of benzene rings is 1. The van der Waals surface area contributed by atoms with Gasteiger partial charge in [0.15, 0.2) is 4.34 Å². The Morgan fingerprint density at radius 1 is 1.24 bits per heavy atom. The van der Waals surface area contributed by atoms with Gasteiger partial charge in [-0.2, -0.15) is 17.5 Å². The summed E-state index contributed by atoms with van der Waals surface area (Å²) >= 11 is 2.41. The molecular weight excluding hydrogens is 345 g/mol. The van der Waals surface area contributed by atoms with Crippen LogP contribution in [0.3, 0.4) is 0 Å². The molecule has 0 aliphatic rings. The number of sulfone groups is 1. The average molecular weight is 354 g/mol. The number of hydrogen-bond acceptors (Lipinski definition) is 6. The van der Waals surface area contributed by atoms with Gasteiger partial charge in [-0.15, -0.1) is 0 Å². The molecular formula is C11H9F3N2O2S3. The summed E-state index contributed by atoms with van der Waals surface area (Å²) in [4.78, 5) is 4.03. The molecule has 0 bridgehead atoms. The maximum Gasteiger partial charge on any atom is 0.501 e. The molecule has 0 N–H and O–H groups in total. The average Bonchev–Trinajstić information content (AvgIpc) is 2.86. The Hall–Kier alpha value is -1.13. The van der Waals surface area contributed by atoms with Gasteiger partial charge < -0.3 is 0 Å². The lowest BCUT2D eigenvalue weighted by Gasteiger charge is -2.08. The zero-order chi connectivity index (χ0) is 15.7. The minimum absolute atomic E-state index is 0.593. The molecule has 0 amide bonds. The minimum atomic E-state index is -5.30. The second-order valence-electron chi connectivity index (χ2n) is 3.85. The summed E-state index contributed by atoms with van der Waals surface area (Å²) in [6.45, 7) is 1.91. The van der Waals surface area contributed by atoms with E-state index in [4.69, 9.17) is 0 Å². The van der Waals surface area contributed by atoms with Crippen LogP contribution in [0.4, 0.5) is 13.2 Å². The van der Waals surface area contributed by atoms with E-state index in [-0.39, 0.29) is 0 Å². The van der Waals surface area contributed by atoms with Crippen molar-refractivity contribution < 1.29 is 21.6 Å². The highest BCUT2D eigenvalue weighted by Crippen LogP contribution is 2.33. The summed E-state index contributed by atoms with van der Waals surface area (Å²) < 4.78 is 64.4. The van der Waals surface area contributed by atoms with Crippen LogP contribution in [0.15, 0.2) is 38.4 Å². The first kappa shape index (κ1) is 16.2. The first-order valence-electron chi connectivity index (χ1n) is 5.66. The molecule has 10 heteroatoms. The standard InChI is InChI=1S/C11H9F3N2O2S3/c1-2-9-15-10(20-16-9)19-7-3-5-8(6-4-7)21(17,18)11(12,13)14/h3-6H,2H2,1H3. The Balaban J connectivity index is 2.20. The van der Waals surface area contributed by atoms with Crippen LogP contribution in [0.5, 0.6) is 0 Å². The Morgan fingerprint density at radius 3 is 2.33 bits per heavy atom. The fourth-order valence-electron chi connectivity index (χ4n) is 1.34. The summed E-state index contributed by atoms with van der Waals surface area (Å²) in [5.41, 5.74) is -5.29. The van der Waals surface area contributed by atoms with Gasteiger partial charge in [-0.05, 0) is 35.8 Å². The van der Waals surface area contributed by atoms with Gasteiger partial charge >= 0.3 is 5.51 Å². The smallest absolute Gasteiger partial charge is 0.214 e. The normalized spacial score (nSPS) is 12.6. The van der Waals surface area contributed by atoms with Gasteiger partial charge in [-0.25, -0.2) is 13.4 Å². The molecule has 1 aromatic heterocycles. The van der Waals surface area contributed by atoms with Crippen molar-refractivity contribution in [3.63, 3.8) is 0 Å². The van der Waals surface area contributed by atoms with E-state index in [1.165, 1.54) is 35.4 Å². The number of halogens is 3. The van der Waals surface area contributed by atoms with Gasteiger partial charge in [0.05, 0.1) is 4.90 Å². The van der Waals surface area contributed by atoms with Crippen molar-refractivity contribution in [1.29, 1.82) is 0 Å². The molecule has 0 aliphatic heterocycles. The predicted octanol–water partition coefficient (Wildman–Crippen LogP) is 3.55. The van der Waals surface area contributed by atoms with Crippen molar-refractivity contribution in [3.8, 4) is 0 Å². The number of alkyl halides is 3. The van der Waals surface area contributed by atoms with Gasteiger partial charge in [0, 0.05) is 11.3 Å². The molecule has 0 saturated heterocycles. The van der Waals surface area contributed by atoms with E-state index in [0.717, 1.165) is 12.1 Å². The zero-order valence-electron chi connectivity index (χ0n) is 10.6. The summed E-state index contributed by atoms with van der Waals surface area (Å²) in [5, 5.41) is 0. The summed E-state index contributed by atoms with van der Waals surface area (Å²) in [7, 11) is -5.30. The van der Waals surface area contributed by atoms with E-state index >= 15 is 0 Å². The maximum atomic E-state index is 12.4. The second kappa shape index (κ2) is 5.93. The first-order valence-corrected chi connectivity index (χ1v) is 8.73. The Morgan fingerprint density at radius 2 is 1.86 bits per heavy atom. The van der Waals surface area contributed by atoms with E-state index < -0.39 is 20.2 Å². The quantitative estimate of drug-likeness (QED) is 0.840. The first-order chi connectivity index (χ1) is 9.74. The molecule has 0 saturated carbocycles. The third-order valence-electron chi connectivity index (χ3n) is 2.41. The summed E-state index contributed by atoms with van der Waals surface area (Å²) in [6.07, 6.45) is 0.694. The fraction of sp³-hybridized carbons (Fsp3) is 0.273. The molecule has 0 spiro atoms. The van der Waals surface area contributed by atoms with Gasteiger partial charge in [0.2, 0.25) is 0 Å². The molecule has 114 valence electrons. The van der Waals surface area contributed by atoms with Crippen LogP contribution in [0, 0.1) is 0 Å². The van der Waals surface area contributed by atoms with Crippen LogP contribution in [0.2, 0.25) is 0 Å². The van der Waals surface area contributed by atoms with Crippen molar-refractivity contribution in [1.82, 2.24) is 9.36 Å². The van der Waals surface area contributed by atoms with Crippen LogP contribution in [0.25, 0.3) is 0 Å². The summed E-state index contributed by atoms with van der Waals surface area (Å²) in [5.74, 6) is 0.693. The highest BCUT2D eigenvalue weighted by atomic mass is 32.2. The van der Waals surface area contributed by atoms with Crippen LogP contribution in [-0.4, -0.2) is 23.3 Å². The lowest BCUT2D eigenvalue weighted by Crippen LogP contribution is -2.23. The Labute approximate surface area is 127 Å². The van der Waals surface area contributed by atoms with E-state index in [9.17, 15) is 21.6 Å². The molecule has 2 aromatic rings. The van der Waals surface area contributed by atoms with Crippen molar-refractivity contribution in [2.75, 3.05) is 0 Å². The molecule has 0 unspecified atom stereocenters. The highest BCUT2D eigenvalue weighted by Gasteiger charge is 2.46. The van der Waals surface area contributed by atoms with E-state index in [1.54, 1.807) is 0 Å². The van der Waals surface area contributed by atoms with Crippen molar-refractivity contribution >= 4 is 33.1 Å². The van der Waals surface area contributed by atoms with Crippen molar-refractivity contribution in [2.45, 2.75) is 33.0 Å². The fourth-order valence-corrected chi connectivity index (χ4v) is 3.78. The van der Waals surface area contributed by atoms with Crippen molar-refractivity contribution in [3.05, 3.63) is 30.1 Å². The zero-order valence-corrected chi connectivity index (χ0v) is 13.0. The van der Waals surface area contributed by atoms with Gasteiger partial charge in [0.1, 0.15) is 5.82 Å². The molecule has 1 aromatic carbocycles.